The number of hydrogen-bond acceptors (Lipinski definition) is 4. The van der Waals surface area contributed by atoms with Crippen LogP contribution in [0.2, 0.25) is 0 Å². The molecule has 1 aromatic rings. The summed E-state index contributed by atoms with van der Waals surface area (Å²) in [6.07, 6.45) is 2.83. The van der Waals surface area contributed by atoms with Crippen molar-refractivity contribution >= 4 is 11.7 Å². The Labute approximate surface area is 131 Å². The maximum absolute atomic E-state index is 12.4. The van der Waals surface area contributed by atoms with E-state index in [0.717, 1.165) is 19.3 Å². The zero-order chi connectivity index (χ0) is 15.9. The van der Waals surface area contributed by atoms with Gasteiger partial charge in [0.1, 0.15) is 0 Å². The summed E-state index contributed by atoms with van der Waals surface area (Å²) >= 11 is 0. The van der Waals surface area contributed by atoms with Crippen molar-refractivity contribution in [1.82, 2.24) is 4.90 Å². The third-order valence-electron chi connectivity index (χ3n) is 3.97. The van der Waals surface area contributed by atoms with Gasteiger partial charge in [0.25, 0.3) is 5.91 Å². The van der Waals surface area contributed by atoms with Crippen molar-refractivity contribution < 1.29 is 14.3 Å². The average Bonchev–Trinajstić information content (AvgIpc) is 2.55. The summed E-state index contributed by atoms with van der Waals surface area (Å²) in [5.41, 5.74) is 6.71. The molecule has 120 valence electrons. The number of Topliss-reactive ketones (excluding diaryl/α,β-unsaturated/α-hetero) is 1. The van der Waals surface area contributed by atoms with E-state index in [4.69, 9.17) is 10.5 Å². The van der Waals surface area contributed by atoms with E-state index >= 15 is 0 Å². The first-order chi connectivity index (χ1) is 10.6. The van der Waals surface area contributed by atoms with E-state index in [9.17, 15) is 9.59 Å². The van der Waals surface area contributed by atoms with Crippen molar-refractivity contribution in [3.05, 3.63) is 35.4 Å². The number of rotatable bonds is 6. The summed E-state index contributed by atoms with van der Waals surface area (Å²) in [5, 5.41) is 0. The minimum atomic E-state index is 0.00874. The minimum absolute atomic E-state index is 0.00874. The van der Waals surface area contributed by atoms with Gasteiger partial charge in [-0.1, -0.05) is 12.1 Å². The summed E-state index contributed by atoms with van der Waals surface area (Å²) in [7, 11) is 0. The smallest absolute Gasteiger partial charge is 0.253 e. The second-order valence-electron chi connectivity index (χ2n) is 5.64. The van der Waals surface area contributed by atoms with Crippen molar-refractivity contribution in [2.24, 2.45) is 5.73 Å². The zero-order valence-electron chi connectivity index (χ0n) is 13.1. The van der Waals surface area contributed by atoms with Crippen LogP contribution >= 0.6 is 0 Å². The molecule has 0 aliphatic carbocycles. The van der Waals surface area contributed by atoms with Gasteiger partial charge >= 0.3 is 0 Å². The first kappa shape index (κ1) is 16.6. The monoisotopic (exact) mass is 304 g/mol. The van der Waals surface area contributed by atoms with Gasteiger partial charge in [0.15, 0.2) is 5.78 Å². The lowest BCUT2D eigenvalue weighted by Gasteiger charge is -2.32. The van der Waals surface area contributed by atoms with E-state index in [-0.39, 0.29) is 17.8 Å². The van der Waals surface area contributed by atoms with Crippen LogP contribution in [-0.4, -0.2) is 48.9 Å². The van der Waals surface area contributed by atoms with Gasteiger partial charge < -0.3 is 15.4 Å². The molecule has 1 saturated heterocycles. The van der Waals surface area contributed by atoms with Crippen LogP contribution in [0.1, 0.15) is 46.9 Å². The molecule has 2 rings (SSSR count). The van der Waals surface area contributed by atoms with E-state index in [1.807, 2.05) is 4.90 Å². The molecule has 0 atom stereocenters. The van der Waals surface area contributed by atoms with E-state index < -0.39 is 0 Å². The molecule has 0 bridgehead atoms. The Morgan fingerprint density at radius 1 is 1.18 bits per heavy atom. The molecule has 0 radical (unpaired) electrons. The van der Waals surface area contributed by atoms with E-state index in [0.29, 0.717) is 37.4 Å². The molecule has 22 heavy (non-hydrogen) atoms. The van der Waals surface area contributed by atoms with Gasteiger partial charge in [0.05, 0.1) is 6.10 Å². The van der Waals surface area contributed by atoms with Crippen LogP contribution in [0.15, 0.2) is 24.3 Å². The number of nitrogens with two attached hydrogens (primary N) is 1. The number of hydrogen-bond donors (Lipinski definition) is 1. The van der Waals surface area contributed by atoms with E-state index in [1.54, 1.807) is 24.3 Å². The highest BCUT2D eigenvalue weighted by Crippen LogP contribution is 2.17. The summed E-state index contributed by atoms with van der Waals surface area (Å²) in [6.45, 7) is 4.28. The van der Waals surface area contributed by atoms with E-state index in [1.165, 1.54) is 6.92 Å². The topological polar surface area (TPSA) is 72.6 Å². The van der Waals surface area contributed by atoms with Crippen molar-refractivity contribution in [2.75, 3.05) is 26.2 Å². The second-order valence-corrected chi connectivity index (χ2v) is 5.64. The van der Waals surface area contributed by atoms with Crippen LogP contribution in [0.5, 0.6) is 0 Å². The first-order valence-corrected chi connectivity index (χ1v) is 7.83. The summed E-state index contributed by atoms with van der Waals surface area (Å²) in [4.78, 5) is 25.5. The van der Waals surface area contributed by atoms with Crippen LogP contribution in [0.4, 0.5) is 0 Å². The number of ether oxygens (including phenoxy) is 1. The molecule has 2 N–H and O–H groups in total. The fourth-order valence-electron chi connectivity index (χ4n) is 2.59. The van der Waals surface area contributed by atoms with Gasteiger partial charge in [-0.2, -0.15) is 0 Å². The summed E-state index contributed by atoms with van der Waals surface area (Å²) < 4.78 is 5.74. The Morgan fingerprint density at radius 2 is 1.77 bits per heavy atom. The molecule has 1 heterocycles. The highest BCUT2D eigenvalue weighted by Gasteiger charge is 2.23. The molecule has 1 aromatic carbocycles. The molecule has 0 spiro atoms. The number of nitrogens with zero attached hydrogens (tertiary/aromatic N) is 1. The zero-order valence-corrected chi connectivity index (χ0v) is 13.1. The van der Waals surface area contributed by atoms with Gasteiger partial charge in [-0.15, -0.1) is 0 Å². The van der Waals surface area contributed by atoms with Crippen LogP contribution in [-0.2, 0) is 4.74 Å². The highest BCUT2D eigenvalue weighted by molar-refractivity contribution is 5.97. The van der Waals surface area contributed by atoms with Crippen molar-refractivity contribution in [3.8, 4) is 0 Å². The number of ketones is 1. The third-order valence-corrected chi connectivity index (χ3v) is 3.97. The molecule has 1 aliphatic rings. The normalized spacial score (nSPS) is 15.8. The lowest BCUT2D eigenvalue weighted by atomic mass is 10.0. The average molecular weight is 304 g/mol. The fraction of sp³-hybridized carbons (Fsp3) is 0.529. The molecular formula is C17H24N2O3. The number of carbonyl (C=O) groups is 2. The minimum Gasteiger partial charge on any atom is -0.378 e. The summed E-state index contributed by atoms with van der Waals surface area (Å²) in [6, 6.07) is 6.86. The number of likely N-dealkylation sites (tertiary alicyclic amines) is 1. The molecule has 0 aromatic heterocycles. The quantitative estimate of drug-likeness (QED) is 0.643. The molecule has 1 fully saturated rings. The number of benzene rings is 1. The molecule has 5 nitrogen and oxygen atoms in total. The highest BCUT2D eigenvalue weighted by atomic mass is 16.5. The standard InChI is InChI=1S/C17H24N2O3/c1-13(20)14-3-5-15(6-4-14)17(21)19-10-7-16(8-11-19)22-12-2-9-18/h3-6,16H,2,7-12,18H2,1H3. The Hall–Kier alpha value is -1.72. The molecule has 0 unspecified atom stereocenters. The van der Waals surface area contributed by atoms with Crippen molar-refractivity contribution in [3.63, 3.8) is 0 Å². The van der Waals surface area contributed by atoms with Gasteiger partial charge in [-0.25, -0.2) is 0 Å². The third kappa shape index (κ3) is 4.39. The number of carbonyl (C=O) groups excluding carboxylic acids is 2. The Morgan fingerprint density at radius 3 is 2.32 bits per heavy atom. The molecule has 0 saturated carbocycles. The molecule has 5 heteroatoms. The van der Waals surface area contributed by atoms with Gasteiger partial charge in [-0.05, 0) is 44.9 Å². The van der Waals surface area contributed by atoms with Crippen LogP contribution < -0.4 is 5.73 Å². The second kappa shape index (κ2) is 8.06. The number of amides is 1. The summed E-state index contributed by atoms with van der Waals surface area (Å²) in [5.74, 6) is 0.0324. The van der Waals surface area contributed by atoms with Gasteiger partial charge in [0.2, 0.25) is 0 Å². The predicted molar refractivity (Wildman–Crippen MR) is 85.0 cm³/mol. The first-order valence-electron chi connectivity index (χ1n) is 7.83. The van der Waals surface area contributed by atoms with Crippen LogP contribution in [0, 0.1) is 0 Å². The molecule has 1 aliphatic heterocycles. The lowest BCUT2D eigenvalue weighted by Crippen LogP contribution is -2.41. The maximum Gasteiger partial charge on any atom is 0.253 e. The van der Waals surface area contributed by atoms with Crippen LogP contribution in [0.25, 0.3) is 0 Å². The Kier molecular flexibility index (Phi) is 6.10. The van der Waals surface area contributed by atoms with Crippen LogP contribution in [0.3, 0.4) is 0 Å². The molecular weight excluding hydrogens is 280 g/mol. The fourth-order valence-corrected chi connectivity index (χ4v) is 2.59. The predicted octanol–water partition coefficient (Wildman–Crippen LogP) is 1.86. The van der Waals surface area contributed by atoms with Crippen molar-refractivity contribution in [1.29, 1.82) is 0 Å². The van der Waals surface area contributed by atoms with E-state index in [2.05, 4.69) is 0 Å². The van der Waals surface area contributed by atoms with Gasteiger partial charge in [0, 0.05) is 30.8 Å². The largest absolute Gasteiger partial charge is 0.378 e. The maximum atomic E-state index is 12.4. The van der Waals surface area contributed by atoms with Crippen molar-refractivity contribution in [2.45, 2.75) is 32.3 Å². The molecule has 1 amide bonds. The number of piperidine rings is 1. The Balaban J connectivity index is 1.85. The Bertz CT molecular complexity index is 505. The van der Waals surface area contributed by atoms with Gasteiger partial charge in [-0.3, -0.25) is 9.59 Å². The SMILES string of the molecule is CC(=O)c1ccc(C(=O)N2CCC(OCCCN)CC2)cc1. The lowest BCUT2D eigenvalue weighted by molar-refractivity contribution is 0.00844.